The molecular formula is C16H22N4O. The lowest BCUT2D eigenvalue weighted by Crippen LogP contribution is -2.33. The summed E-state index contributed by atoms with van der Waals surface area (Å²) in [4.78, 5) is 12.3. The summed E-state index contributed by atoms with van der Waals surface area (Å²) in [5.41, 5.74) is 8.77. The maximum absolute atomic E-state index is 12.3. The summed E-state index contributed by atoms with van der Waals surface area (Å²) in [6.07, 6.45) is 2.80. The van der Waals surface area contributed by atoms with Crippen molar-refractivity contribution in [3.05, 3.63) is 53.3 Å². The van der Waals surface area contributed by atoms with Crippen molar-refractivity contribution in [1.82, 2.24) is 15.1 Å². The monoisotopic (exact) mass is 286 g/mol. The first-order chi connectivity index (χ1) is 10.2. The van der Waals surface area contributed by atoms with Gasteiger partial charge in [-0.05, 0) is 12.0 Å². The third-order valence-electron chi connectivity index (χ3n) is 3.53. The van der Waals surface area contributed by atoms with Crippen LogP contribution in [0.2, 0.25) is 0 Å². The Morgan fingerprint density at radius 1 is 1.38 bits per heavy atom. The van der Waals surface area contributed by atoms with Crippen molar-refractivity contribution in [3.8, 4) is 0 Å². The van der Waals surface area contributed by atoms with Gasteiger partial charge in [0.25, 0.3) is 0 Å². The smallest absolute Gasteiger partial charge is 0.229 e. The number of benzene rings is 1. The summed E-state index contributed by atoms with van der Waals surface area (Å²) >= 11 is 0. The second-order valence-corrected chi connectivity index (χ2v) is 5.05. The molecule has 5 heteroatoms. The minimum Gasteiger partial charge on any atom is -0.351 e. The average molecular weight is 286 g/mol. The van der Waals surface area contributed by atoms with Gasteiger partial charge in [-0.25, -0.2) is 0 Å². The van der Waals surface area contributed by atoms with E-state index < -0.39 is 0 Å². The Morgan fingerprint density at radius 3 is 2.71 bits per heavy atom. The molecule has 21 heavy (non-hydrogen) atoms. The van der Waals surface area contributed by atoms with Gasteiger partial charge in [0.1, 0.15) is 0 Å². The van der Waals surface area contributed by atoms with Gasteiger partial charge < -0.3 is 11.1 Å². The number of aryl methyl sites for hydroxylation is 2. The Morgan fingerprint density at radius 2 is 2.10 bits per heavy atom. The number of carbonyl (C=O) groups is 1. The van der Waals surface area contributed by atoms with Gasteiger partial charge in [-0.15, -0.1) is 0 Å². The Bertz CT molecular complexity index is 592. The van der Waals surface area contributed by atoms with Crippen LogP contribution in [0.4, 0.5) is 0 Å². The number of hydrogen-bond donors (Lipinski definition) is 2. The lowest BCUT2D eigenvalue weighted by Gasteiger charge is -2.15. The van der Waals surface area contributed by atoms with Gasteiger partial charge in [-0.3, -0.25) is 9.48 Å². The van der Waals surface area contributed by atoms with E-state index in [-0.39, 0.29) is 11.8 Å². The Labute approximate surface area is 125 Å². The van der Waals surface area contributed by atoms with E-state index in [0.29, 0.717) is 13.1 Å². The first kappa shape index (κ1) is 15.3. The highest BCUT2D eigenvalue weighted by molar-refractivity contribution is 5.83. The van der Waals surface area contributed by atoms with E-state index in [2.05, 4.69) is 17.3 Å². The van der Waals surface area contributed by atoms with Crippen molar-refractivity contribution in [2.75, 3.05) is 6.54 Å². The van der Waals surface area contributed by atoms with Crippen LogP contribution in [0.5, 0.6) is 0 Å². The molecule has 5 nitrogen and oxygen atoms in total. The SMILES string of the molecule is CCc1nn(C)cc1CNC(=O)C(CN)c1ccccc1. The molecule has 0 spiro atoms. The van der Waals surface area contributed by atoms with Crippen molar-refractivity contribution >= 4 is 5.91 Å². The Kier molecular flexibility index (Phi) is 5.11. The van der Waals surface area contributed by atoms with Crippen molar-refractivity contribution in [2.24, 2.45) is 12.8 Å². The molecule has 0 fully saturated rings. The minimum atomic E-state index is -0.312. The molecular weight excluding hydrogens is 264 g/mol. The molecule has 1 heterocycles. The molecule has 0 radical (unpaired) electrons. The number of hydrogen-bond acceptors (Lipinski definition) is 3. The van der Waals surface area contributed by atoms with E-state index in [1.807, 2.05) is 43.6 Å². The van der Waals surface area contributed by atoms with Gasteiger partial charge in [0, 0.05) is 31.9 Å². The van der Waals surface area contributed by atoms with Crippen LogP contribution < -0.4 is 11.1 Å². The maximum Gasteiger partial charge on any atom is 0.229 e. The van der Waals surface area contributed by atoms with Gasteiger partial charge in [0.15, 0.2) is 0 Å². The fraction of sp³-hybridized carbons (Fsp3) is 0.375. The zero-order chi connectivity index (χ0) is 15.2. The second-order valence-electron chi connectivity index (χ2n) is 5.05. The van der Waals surface area contributed by atoms with Crippen molar-refractivity contribution < 1.29 is 4.79 Å². The van der Waals surface area contributed by atoms with Crippen LogP contribution in [0.15, 0.2) is 36.5 Å². The summed E-state index contributed by atoms with van der Waals surface area (Å²) in [6.45, 7) is 2.84. The van der Waals surface area contributed by atoms with Crippen molar-refractivity contribution in [3.63, 3.8) is 0 Å². The van der Waals surface area contributed by atoms with Gasteiger partial charge in [-0.1, -0.05) is 37.3 Å². The molecule has 1 amide bonds. The van der Waals surface area contributed by atoms with E-state index in [1.165, 1.54) is 0 Å². The number of amides is 1. The Balaban J connectivity index is 2.03. The zero-order valence-electron chi connectivity index (χ0n) is 12.5. The van der Waals surface area contributed by atoms with Gasteiger partial charge in [0.05, 0.1) is 11.6 Å². The molecule has 3 N–H and O–H groups in total. The number of carbonyl (C=O) groups excluding carboxylic acids is 1. The fourth-order valence-corrected chi connectivity index (χ4v) is 2.41. The van der Waals surface area contributed by atoms with Gasteiger partial charge in [-0.2, -0.15) is 5.10 Å². The van der Waals surface area contributed by atoms with E-state index >= 15 is 0 Å². The molecule has 1 unspecified atom stereocenters. The number of rotatable bonds is 6. The number of nitrogens with one attached hydrogen (secondary N) is 1. The quantitative estimate of drug-likeness (QED) is 0.841. The molecule has 112 valence electrons. The average Bonchev–Trinajstić information content (AvgIpc) is 2.87. The first-order valence-corrected chi connectivity index (χ1v) is 7.19. The van der Waals surface area contributed by atoms with Crippen molar-refractivity contribution in [1.29, 1.82) is 0 Å². The molecule has 1 aromatic heterocycles. The number of nitrogens with two attached hydrogens (primary N) is 1. The van der Waals surface area contributed by atoms with Crippen LogP contribution in [0.3, 0.4) is 0 Å². The molecule has 1 aromatic carbocycles. The fourth-order valence-electron chi connectivity index (χ4n) is 2.41. The summed E-state index contributed by atoms with van der Waals surface area (Å²) in [7, 11) is 1.89. The predicted molar refractivity (Wildman–Crippen MR) is 82.7 cm³/mol. The molecule has 0 aliphatic rings. The van der Waals surface area contributed by atoms with Crippen LogP contribution in [0.25, 0.3) is 0 Å². The molecule has 0 saturated carbocycles. The lowest BCUT2D eigenvalue weighted by atomic mass is 9.98. The summed E-state index contributed by atoms with van der Waals surface area (Å²) in [5.74, 6) is -0.359. The zero-order valence-corrected chi connectivity index (χ0v) is 12.5. The third kappa shape index (κ3) is 3.70. The largest absolute Gasteiger partial charge is 0.351 e. The highest BCUT2D eigenvalue weighted by Crippen LogP contribution is 2.15. The Hall–Kier alpha value is -2.14. The van der Waals surface area contributed by atoms with Gasteiger partial charge in [0.2, 0.25) is 5.91 Å². The van der Waals surface area contributed by atoms with Crippen LogP contribution in [0, 0.1) is 0 Å². The summed E-state index contributed by atoms with van der Waals surface area (Å²) in [6, 6.07) is 9.62. The van der Waals surface area contributed by atoms with E-state index in [1.54, 1.807) is 4.68 Å². The molecule has 1 atom stereocenters. The topological polar surface area (TPSA) is 72.9 Å². The predicted octanol–water partition coefficient (Wildman–Crippen LogP) is 1.34. The molecule has 2 rings (SSSR count). The normalized spacial score (nSPS) is 12.1. The first-order valence-electron chi connectivity index (χ1n) is 7.19. The molecule has 2 aromatic rings. The highest BCUT2D eigenvalue weighted by atomic mass is 16.1. The minimum absolute atomic E-state index is 0.0467. The second kappa shape index (κ2) is 7.04. The van der Waals surface area contributed by atoms with Crippen LogP contribution in [0.1, 0.15) is 29.7 Å². The van der Waals surface area contributed by atoms with Gasteiger partial charge >= 0.3 is 0 Å². The van der Waals surface area contributed by atoms with Crippen LogP contribution in [-0.4, -0.2) is 22.2 Å². The van der Waals surface area contributed by atoms with E-state index in [0.717, 1.165) is 23.2 Å². The number of aromatic nitrogens is 2. The number of nitrogens with zero attached hydrogens (tertiary/aromatic N) is 2. The van der Waals surface area contributed by atoms with Crippen molar-refractivity contribution in [2.45, 2.75) is 25.8 Å². The molecule has 0 bridgehead atoms. The lowest BCUT2D eigenvalue weighted by molar-refractivity contribution is -0.122. The highest BCUT2D eigenvalue weighted by Gasteiger charge is 2.19. The molecule has 0 aliphatic carbocycles. The van der Waals surface area contributed by atoms with E-state index in [9.17, 15) is 4.79 Å². The summed E-state index contributed by atoms with van der Waals surface area (Å²) in [5, 5.41) is 7.34. The molecule has 0 aliphatic heterocycles. The third-order valence-corrected chi connectivity index (χ3v) is 3.53. The standard InChI is InChI=1S/C16H22N4O/c1-3-15-13(11-20(2)19-15)10-18-16(21)14(9-17)12-7-5-4-6-8-12/h4-8,11,14H,3,9-10,17H2,1-2H3,(H,18,21). The van der Waals surface area contributed by atoms with Crippen LogP contribution >= 0.6 is 0 Å². The van der Waals surface area contributed by atoms with Crippen LogP contribution in [-0.2, 0) is 24.8 Å². The maximum atomic E-state index is 12.3. The summed E-state index contributed by atoms with van der Waals surface area (Å²) < 4.78 is 1.78. The van der Waals surface area contributed by atoms with E-state index in [4.69, 9.17) is 5.73 Å². The molecule has 0 saturated heterocycles.